The van der Waals surface area contributed by atoms with Crippen LogP contribution in [0.2, 0.25) is 0 Å². The Morgan fingerprint density at radius 3 is 3.06 bits per heavy atom. The molecular formula is C12H17N3O. The van der Waals surface area contributed by atoms with E-state index in [1.807, 2.05) is 12.1 Å². The molecule has 2 rings (SSSR count). The molecule has 0 unspecified atom stereocenters. The number of H-pyrrole nitrogens is 1. The van der Waals surface area contributed by atoms with Gasteiger partial charge in [0.05, 0.1) is 5.52 Å². The first-order chi connectivity index (χ1) is 7.83. The highest BCUT2D eigenvalue weighted by Crippen LogP contribution is 2.08. The van der Waals surface area contributed by atoms with Crippen molar-refractivity contribution in [3.05, 3.63) is 28.8 Å². The lowest BCUT2D eigenvalue weighted by Crippen LogP contribution is -2.16. The average molecular weight is 219 g/mol. The van der Waals surface area contributed by atoms with E-state index in [0.717, 1.165) is 18.5 Å². The SMILES string of the molecule is CCCCCCn1c(=O)[nH]c2ncccc21. The van der Waals surface area contributed by atoms with Gasteiger partial charge in [-0.15, -0.1) is 0 Å². The Kier molecular flexibility index (Phi) is 3.39. The van der Waals surface area contributed by atoms with Crippen molar-refractivity contribution >= 4 is 11.2 Å². The number of hydrogen-bond acceptors (Lipinski definition) is 2. The number of hydrogen-bond donors (Lipinski definition) is 1. The standard InChI is InChI=1S/C12H17N3O/c1-2-3-4-5-9-15-10-7-6-8-13-11(10)14-12(15)16/h6-8H,2-5,9H2,1H3,(H,13,14,16). The van der Waals surface area contributed by atoms with E-state index in [2.05, 4.69) is 16.9 Å². The van der Waals surface area contributed by atoms with Gasteiger partial charge < -0.3 is 0 Å². The lowest BCUT2D eigenvalue weighted by atomic mass is 10.2. The number of imidazole rings is 1. The van der Waals surface area contributed by atoms with Crippen molar-refractivity contribution in [2.24, 2.45) is 0 Å². The molecule has 0 atom stereocenters. The minimum absolute atomic E-state index is 0.0507. The number of aromatic nitrogens is 3. The van der Waals surface area contributed by atoms with E-state index in [1.54, 1.807) is 10.8 Å². The van der Waals surface area contributed by atoms with Crippen molar-refractivity contribution in [1.82, 2.24) is 14.5 Å². The van der Waals surface area contributed by atoms with Crippen molar-refractivity contribution < 1.29 is 0 Å². The normalized spacial score (nSPS) is 11.1. The summed E-state index contributed by atoms with van der Waals surface area (Å²) in [5.41, 5.74) is 1.54. The Morgan fingerprint density at radius 1 is 1.38 bits per heavy atom. The maximum absolute atomic E-state index is 11.7. The lowest BCUT2D eigenvalue weighted by Gasteiger charge is -2.02. The second-order valence-electron chi connectivity index (χ2n) is 4.01. The molecule has 2 aromatic heterocycles. The Morgan fingerprint density at radius 2 is 2.25 bits per heavy atom. The van der Waals surface area contributed by atoms with Gasteiger partial charge in [-0.05, 0) is 18.6 Å². The summed E-state index contributed by atoms with van der Waals surface area (Å²) in [6.45, 7) is 2.96. The third kappa shape index (κ3) is 2.15. The predicted octanol–water partition coefficient (Wildman–Crippen LogP) is 2.30. The number of unbranched alkanes of at least 4 members (excludes halogenated alkanes) is 3. The molecule has 0 aliphatic carbocycles. The Labute approximate surface area is 94.3 Å². The van der Waals surface area contributed by atoms with E-state index in [4.69, 9.17) is 0 Å². The van der Waals surface area contributed by atoms with Crippen molar-refractivity contribution in [3.63, 3.8) is 0 Å². The predicted molar refractivity (Wildman–Crippen MR) is 64.5 cm³/mol. The highest BCUT2D eigenvalue weighted by molar-refractivity contribution is 5.70. The zero-order chi connectivity index (χ0) is 11.4. The molecular weight excluding hydrogens is 202 g/mol. The summed E-state index contributed by atoms with van der Waals surface area (Å²) < 4.78 is 1.78. The number of aryl methyl sites for hydroxylation is 1. The van der Waals surface area contributed by atoms with Crippen LogP contribution in [0, 0.1) is 0 Å². The third-order valence-corrected chi connectivity index (χ3v) is 2.78. The van der Waals surface area contributed by atoms with Gasteiger partial charge in [-0.25, -0.2) is 9.78 Å². The molecule has 0 aliphatic rings. The summed E-state index contributed by atoms with van der Waals surface area (Å²) in [5, 5.41) is 0. The maximum Gasteiger partial charge on any atom is 0.327 e. The van der Waals surface area contributed by atoms with Crippen LogP contribution in [0.15, 0.2) is 23.1 Å². The molecule has 0 aromatic carbocycles. The molecule has 0 fully saturated rings. The largest absolute Gasteiger partial charge is 0.327 e. The minimum Gasteiger partial charge on any atom is -0.290 e. The summed E-state index contributed by atoms with van der Waals surface area (Å²) in [6, 6.07) is 3.79. The van der Waals surface area contributed by atoms with E-state index in [0.29, 0.717) is 5.65 Å². The number of fused-ring (bicyclic) bond motifs is 1. The van der Waals surface area contributed by atoms with Crippen LogP contribution in [0.4, 0.5) is 0 Å². The molecule has 4 heteroatoms. The Bertz CT molecular complexity index is 512. The van der Waals surface area contributed by atoms with Crippen LogP contribution in [0.5, 0.6) is 0 Å². The van der Waals surface area contributed by atoms with E-state index in [1.165, 1.54) is 19.3 Å². The molecule has 0 amide bonds. The van der Waals surface area contributed by atoms with Crippen LogP contribution in [-0.2, 0) is 6.54 Å². The van der Waals surface area contributed by atoms with Gasteiger partial charge in [0.15, 0.2) is 5.65 Å². The molecule has 2 aromatic rings. The van der Waals surface area contributed by atoms with Gasteiger partial charge in [-0.1, -0.05) is 26.2 Å². The molecule has 1 N–H and O–H groups in total. The molecule has 4 nitrogen and oxygen atoms in total. The zero-order valence-corrected chi connectivity index (χ0v) is 9.57. The zero-order valence-electron chi connectivity index (χ0n) is 9.57. The first-order valence-corrected chi connectivity index (χ1v) is 5.86. The summed E-state index contributed by atoms with van der Waals surface area (Å²) in [6.07, 6.45) is 6.37. The van der Waals surface area contributed by atoms with Gasteiger partial charge in [0, 0.05) is 12.7 Å². The molecule has 0 spiro atoms. The highest BCUT2D eigenvalue weighted by atomic mass is 16.1. The first kappa shape index (κ1) is 10.9. The molecule has 0 saturated heterocycles. The second kappa shape index (κ2) is 4.96. The maximum atomic E-state index is 11.7. The molecule has 0 aliphatic heterocycles. The van der Waals surface area contributed by atoms with Crippen molar-refractivity contribution in [1.29, 1.82) is 0 Å². The Hall–Kier alpha value is -1.58. The number of aromatic amines is 1. The van der Waals surface area contributed by atoms with Gasteiger partial charge >= 0.3 is 5.69 Å². The minimum atomic E-state index is -0.0507. The molecule has 0 bridgehead atoms. The van der Waals surface area contributed by atoms with Gasteiger partial charge in [0.25, 0.3) is 0 Å². The number of pyridine rings is 1. The van der Waals surface area contributed by atoms with E-state index in [9.17, 15) is 4.79 Å². The monoisotopic (exact) mass is 219 g/mol. The summed E-state index contributed by atoms with van der Waals surface area (Å²) >= 11 is 0. The van der Waals surface area contributed by atoms with Crippen LogP contribution in [0.25, 0.3) is 11.2 Å². The van der Waals surface area contributed by atoms with Crippen LogP contribution in [0.1, 0.15) is 32.6 Å². The number of nitrogens with zero attached hydrogens (tertiary/aromatic N) is 2. The van der Waals surface area contributed by atoms with Gasteiger partial charge in [-0.2, -0.15) is 0 Å². The second-order valence-corrected chi connectivity index (χ2v) is 4.01. The van der Waals surface area contributed by atoms with E-state index < -0.39 is 0 Å². The molecule has 0 saturated carbocycles. The van der Waals surface area contributed by atoms with Gasteiger partial charge in [-0.3, -0.25) is 9.55 Å². The van der Waals surface area contributed by atoms with E-state index in [-0.39, 0.29) is 5.69 Å². The van der Waals surface area contributed by atoms with Crippen molar-refractivity contribution in [3.8, 4) is 0 Å². The van der Waals surface area contributed by atoms with Crippen LogP contribution >= 0.6 is 0 Å². The van der Waals surface area contributed by atoms with Crippen LogP contribution in [0.3, 0.4) is 0 Å². The Balaban J connectivity index is 2.16. The summed E-state index contributed by atoms with van der Waals surface area (Å²) in [7, 11) is 0. The topological polar surface area (TPSA) is 50.7 Å². The van der Waals surface area contributed by atoms with Gasteiger partial charge in [0.1, 0.15) is 0 Å². The van der Waals surface area contributed by atoms with Crippen molar-refractivity contribution in [2.75, 3.05) is 0 Å². The molecule has 0 radical (unpaired) electrons. The molecule has 16 heavy (non-hydrogen) atoms. The third-order valence-electron chi connectivity index (χ3n) is 2.78. The number of nitrogens with one attached hydrogen (secondary N) is 1. The lowest BCUT2D eigenvalue weighted by molar-refractivity contribution is 0.581. The summed E-state index contributed by atoms with van der Waals surface area (Å²) in [4.78, 5) is 18.6. The quantitative estimate of drug-likeness (QED) is 0.784. The first-order valence-electron chi connectivity index (χ1n) is 5.86. The molecule has 86 valence electrons. The summed E-state index contributed by atoms with van der Waals surface area (Å²) in [5.74, 6) is 0. The molecule has 2 heterocycles. The van der Waals surface area contributed by atoms with Crippen LogP contribution in [-0.4, -0.2) is 14.5 Å². The number of rotatable bonds is 5. The van der Waals surface area contributed by atoms with Gasteiger partial charge in [0.2, 0.25) is 0 Å². The fraction of sp³-hybridized carbons (Fsp3) is 0.500. The van der Waals surface area contributed by atoms with Crippen LogP contribution < -0.4 is 5.69 Å². The fourth-order valence-corrected chi connectivity index (χ4v) is 1.91. The highest BCUT2D eigenvalue weighted by Gasteiger charge is 2.05. The average Bonchev–Trinajstić information content (AvgIpc) is 2.61. The fourth-order valence-electron chi connectivity index (χ4n) is 1.91. The smallest absolute Gasteiger partial charge is 0.290 e. The van der Waals surface area contributed by atoms with Crippen molar-refractivity contribution in [2.45, 2.75) is 39.2 Å². The van der Waals surface area contributed by atoms with E-state index >= 15 is 0 Å².